The van der Waals surface area contributed by atoms with E-state index in [4.69, 9.17) is 5.26 Å². The lowest BCUT2D eigenvalue weighted by Gasteiger charge is -2.17. The number of rotatable bonds is 5. The first-order valence-corrected chi connectivity index (χ1v) is 6.05. The molecule has 0 bridgehead atoms. The Kier molecular flexibility index (Phi) is 5.27. The van der Waals surface area contributed by atoms with Gasteiger partial charge in [-0.25, -0.2) is 0 Å². The van der Waals surface area contributed by atoms with Crippen molar-refractivity contribution >= 4 is 5.91 Å². The first-order chi connectivity index (χ1) is 7.65. The minimum absolute atomic E-state index is 0.0804. The summed E-state index contributed by atoms with van der Waals surface area (Å²) in [5, 5.41) is 11.7. The Hall–Kier alpha value is -1.08. The van der Waals surface area contributed by atoms with Crippen molar-refractivity contribution < 1.29 is 4.79 Å². The van der Waals surface area contributed by atoms with Crippen molar-refractivity contribution in [2.24, 2.45) is 11.8 Å². The normalized spacial score (nSPS) is 18.4. The lowest BCUT2D eigenvalue weighted by molar-refractivity contribution is -0.124. The Morgan fingerprint density at radius 2 is 2.06 bits per heavy atom. The van der Waals surface area contributed by atoms with Gasteiger partial charge in [0.2, 0.25) is 5.91 Å². The first kappa shape index (κ1) is 13.0. The lowest BCUT2D eigenvalue weighted by atomic mass is 9.97. The van der Waals surface area contributed by atoms with Gasteiger partial charge in [-0.2, -0.15) is 5.26 Å². The van der Waals surface area contributed by atoms with Crippen LogP contribution in [0.3, 0.4) is 0 Å². The van der Waals surface area contributed by atoms with E-state index in [0.717, 1.165) is 19.6 Å². The van der Waals surface area contributed by atoms with Gasteiger partial charge in [-0.05, 0) is 31.8 Å². The predicted molar refractivity (Wildman–Crippen MR) is 62.6 cm³/mol. The van der Waals surface area contributed by atoms with Gasteiger partial charge >= 0.3 is 0 Å². The maximum Gasteiger partial charge on any atom is 0.237 e. The van der Waals surface area contributed by atoms with E-state index in [1.165, 1.54) is 12.8 Å². The molecule has 1 fully saturated rings. The van der Waals surface area contributed by atoms with Crippen molar-refractivity contribution in [1.29, 1.82) is 5.26 Å². The molecule has 1 N–H and O–H groups in total. The largest absolute Gasteiger partial charge is 0.354 e. The van der Waals surface area contributed by atoms with Crippen LogP contribution in [0.1, 0.15) is 26.7 Å². The van der Waals surface area contributed by atoms with Gasteiger partial charge in [0, 0.05) is 13.1 Å². The Labute approximate surface area is 97.6 Å². The SMILES string of the molecule is CC(C)C(C#N)C(=O)NCCN1CCCC1. The van der Waals surface area contributed by atoms with Crippen LogP contribution in [0.25, 0.3) is 0 Å². The second-order valence-electron chi connectivity index (χ2n) is 4.69. The minimum atomic E-state index is -0.515. The van der Waals surface area contributed by atoms with Crippen LogP contribution in [0.5, 0.6) is 0 Å². The van der Waals surface area contributed by atoms with Crippen molar-refractivity contribution in [3.63, 3.8) is 0 Å². The predicted octanol–water partition coefficient (Wildman–Crippen LogP) is 0.994. The van der Waals surface area contributed by atoms with E-state index < -0.39 is 5.92 Å². The number of amides is 1. The molecular formula is C12H21N3O. The number of carbonyl (C=O) groups excluding carboxylic acids is 1. The van der Waals surface area contributed by atoms with Gasteiger partial charge in [0.15, 0.2) is 0 Å². The molecule has 0 spiro atoms. The first-order valence-electron chi connectivity index (χ1n) is 6.05. The third kappa shape index (κ3) is 3.82. The number of nitrogens with one attached hydrogen (secondary N) is 1. The summed E-state index contributed by atoms with van der Waals surface area (Å²) in [5.74, 6) is -0.563. The van der Waals surface area contributed by atoms with E-state index >= 15 is 0 Å². The number of carbonyl (C=O) groups is 1. The molecule has 1 rings (SSSR count). The zero-order valence-electron chi connectivity index (χ0n) is 10.2. The molecule has 0 aromatic heterocycles. The summed E-state index contributed by atoms with van der Waals surface area (Å²) in [4.78, 5) is 14.0. The standard InChI is InChI=1S/C12H21N3O/c1-10(2)11(9-13)12(16)14-5-8-15-6-3-4-7-15/h10-11H,3-8H2,1-2H3,(H,14,16). The van der Waals surface area contributed by atoms with E-state index in [0.29, 0.717) is 6.54 Å². The summed E-state index contributed by atoms with van der Waals surface area (Å²) in [7, 11) is 0. The molecule has 4 nitrogen and oxygen atoms in total. The van der Waals surface area contributed by atoms with Crippen LogP contribution >= 0.6 is 0 Å². The molecule has 90 valence electrons. The third-order valence-corrected chi connectivity index (χ3v) is 3.01. The monoisotopic (exact) mass is 223 g/mol. The molecule has 1 unspecified atom stereocenters. The Morgan fingerprint density at radius 1 is 1.44 bits per heavy atom. The number of hydrogen-bond donors (Lipinski definition) is 1. The topological polar surface area (TPSA) is 56.1 Å². The summed E-state index contributed by atoms with van der Waals surface area (Å²) in [6.45, 7) is 7.64. The molecule has 0 radical (unpaired) electrons. The zero-order chi connectivity index (χ0) is 12.0. The molecule has 16 heavy (non-hydrogen) atoms. The van der Waals surface area contributed by atoms with Crippen LogP contribution in [0, 0.1) is 23.2 Å². The molecule has 1 aliphatic heterocycles. The van der Waals surface area contributed by atoms with Crippen molar-refractivity contribution in [3.05, 3.63) is 0 Å². The molecule has 1 aliphatic rings. The molecule has 0 aliphatic carbocycles. The quantitative estimate of drug-likeness (QED) is 0.756. The summed E-state index contributed by atoms with van der Waals surface area (Å²) in [5.41, 5.74) is 0. The number of nitrogens with zero attached hydrogens (tertiary/aromatic N) is 2. The van der Waals surface area contributed by atoms with Crippen LogP contribution in [0.15, 0.2) is 0 Å². The smallest absolute Gasteiger partial charge is 0.237 e. The summed E-state index contributed by atoms with van der Waals surface area (Å²) in [6, 6.07) is 2.05. The fourth-order valence-electron chi connectivity index (χ4n) is 1.96. The maximum absolute atomic E-state index is 11.6. The van der Waals surface area contributed by atoms with Gasteiger partial charge in [-0.3, -0.25) is 4.79 Å². The fourth-order valence-corrected chi connectivity index (χ4v) is 1.96. The Bertz CT molecular complexity index is 264. The number of likely N-dealkylation sites (tertiary alicyclic amines) is 1. The second kappa shape index (κ2) is 6.49. The third-order valence-electron chi connectivity index (χ3n) is 3.01. The average molecular weight is 223 g/mol. The van der Waals surface area contributed by atoms with E-state index in [1.54, 1.807) is 0 Å². The van der Waals surface area contributed by atoms with Crippen molar-refractivity contribution in [1.82, 2.24) is 10.2 Å². The van der Waals surface area contributed by atoms with Gasteiger partial charge < -0.3 is 10.2 Å². The van der Waals surface area contributed by atoms with Crippen LogP contribution in [-0.4, -0.2) is 37.0 Å². The molecule has 1 heterocycles. The fraction of sp³-hybridized carbons (Fsp3) is 0.833. The Morgan fingerprint density at radius 3 is 2.56 bits per heavy atom. The van der Waals surface area contributed by atoms with Crippen LogP contribution in [0.2, 0.25) is 0 Å². The lowest BCUT2D eigenvalue weighted by Crippen LogP contribution is -2.37. The van der Waals surface area contributed by atoms with Gasteiger partial charge in [0.1, 0.15) is 5.92 Å². The average Bonchev–Trinajstić information content (AvgIpc) is 2.71. The van der Waals surface area contributed by atoms with Crippen LogP contribution in [-0.2, 0) is 4.79 Å². The van der Waals surface area contributed by atoms with Gasteiger partial charge in [0.25, 0.3) is 0 Å². The summed E-state index contributed by atoms with van der Waals surface area (Å²) >= 11 is 0. The molecule has 4 heteroatoms. The Balaban J connectivity index is 2.21. The van der Waals surface area contributed by atoms with Gasteiger partial charge in [0.05, 0.1) is 6.07 Å². The highest BCUT2D eigenvalue weighted by molar-refractivity contribution is 5.81. The van der Waals surface area contributed by atoms with Crippen LogP contribution in [0.4, 0.5) is 0 Å². The summed E-state index contributed by atoms with van der Waals surface area (Å²) in [6.07, 6.45) is 2.53. The maximum atomic E-state index is 11.6. The van der Waals surface area contributed by atoms with E-state index in [-0.39, 0.29) is 11.8 Å². The molecule has 0 saturated carbocycles. The molecule has 1 saturated heterocycles. The number of nitriles is 1. The van der Waals surface area contributed by atoms with Gasteiger partial charge in [-0.15, -0.1) is 0 Å². The highest BCUT2D eigenvalue weighted by Gasteiger charge is 2.21. The van der Waals surface area contributed by atoms with E-state index in [1.807, 2.05) is 13.8 Å². The highest BCUT2D eigenvalue weighted by atomic mass is 16.1. The second-order valence-corrected chi connectivity index (χ2v) is 4.69. The van der Waals surface area contributed by atoms with Crippen LogP contribution < -0.4 is 5.32 Å². The molecule has 0 aromatic rings. The highest BCUT2D eigenvalue weighted by Crippen LogP contribution is 2.09. The number of hydrogen-bond acceptors (Lipinski definition) is 3. The molecule has 1 amide bonds. The van der Waals surface area contributed by atoms with Crippen molar-refractivity contribution in [2.45, 2.75) is 26.7 Å². The van der Waals surface area contributed by atoms with Gasteiger partial charge in [-0.1, -0.05) is 13.8 Å². The molecular weight excluding hydrogens is 202 g/mol. The molecule has 1 atom stereocenters. The molecule has 0 aromatic carbocycles. The minimum Gasteiger partial charge on any atom is -0.354 e. The van der Waals surface area contributed by atoms with E-state index in [9.17, 15) is 4.79 Å². The zero-order valence-corrected chi connectivity index (χ0v) is 10.2. The summed E-state index contributed by atoms with van der Waals surface area (Å²) < 4.78 is 0. The van der Waals surface area contributed by atoms with Crippen molar-refractivity contribution in [2.75, 3.05) is 26.2 Å². The van der Waals surface area contributed by atoms with E-state index in [2.05, 4.69) is 16.3 Å². The van der Waals surface area contributed by atoms with Crippen molar-refractivity contribution in [3.8, 4) is 6.07 Å².